The number of carboxylic acids is 4. The van der Waals surface area contributed by atoms with E-state index in [1.54, 1.807) is 0 Å². The van der Waals surface area contributed by atoms with Crippen LogP contribution in [0.15, 0.2) is 54.1 Å². The van der Waals surface area contributed by atoms with Crippen molar-refractivity contribution < 1.29 is 57.6 Å². The van der Waals surface area contributed by atoms with Crippen molar-refractivity contribution in [3.63, 3.8) is 0 Å². The molecule has 20 heteroatoms. The lowest BCUT2D eigenvalue weighted by molar-refractivity contribution is -0.134. The van der Waals surface area contributed by atoms with Gasteiger partial charge in [0.1, 0.15) is 23.9 Å². The van der Waals surface area contributed by atoms with Crippen molar-refractivity contribution in [1.29, 1.82) is 0 Å². The lowest BCUT2D eigenvalue weighted by Crippen LogP contribution is -2.26. The summed E-state index contributed by atoms with van der Waals surface area (Å²) in [6.07, 6.45) is 4.10. The van der Waals surface area contributed by atoms with Crippen molar-refractivity contribution in [2.24, 2.45) is 10.7 Å². The summed E-state index contributed by atoms with van der Waals surface area (Å²) >= 11 is 0. The van der Waals surface area contributed by atoms with E-state index in [0.717, 1.165) is 0 Å². The standard InChI is InChI=1S/C15H19F3N8O.2C4H4O4/c16-15(17,18)8-23-14(19)26-12-4-6-21-11(25-12)3-1-2-5-22-13(27)10-7-20-9-24-10;2*5-3(6)1-2-4(7)8/h4,6-7,9H,1-3,5,8H2,(H,20,24)(H,22,27)(H3,19,21,23,25,26);2*1-2H,(H,5,6)(H,7,8)/b;2*2-1-. The number of guanidine groups is 1. The van der Waals surface area contributed by atoms with Crippen LogP contribution in [0.1, 0.15) is 29.2 Å². The molecule has 43 heavy (non-hydrogen) atoms. The molecule has 0 aliphatic carbocycles. The van der Waals surface area contributed by atoms with Gasteiger partial charge >= 0.3 is 30.1 Å². The number of hydrogen-bond donors (Lipinski definition) is 8. The van der Waals surface area contributed by atoms with Crippen LogP contribution in [-0.4, -0.2) is 95.4 Å². The molecule has 1 amide bonds. The van der Waals surface area contributed by atoms with Gasteiger partial charge in [0.15, 0.2) is 5.96 Å². The quantitative estimate of drug-likeness (QED) is 0.0704. The second-order valence-electron chi connectivity index (χ2n) is 7.50. The van der Waals surface area contributed by atoms with E-state index < -0.39 is 36.6 Å². The summed E-state index contributed by atoms with van der Waals surface area (Å²) in [5.74, 6) is -4.87. The molecule has 17 nitrogen and oxygen atoms in total. The predicted octanol–water partition coefficient (Wildman–Crippen LogP) is 0.665. The molecule has 0 bridgehead atoms. The second-order valence-corrected chi connectivity index (χ2v) is 7.50. The maximum absolute atomic E-state index is 12.1. The number of carbonyl (C=O) groups is 5. The zero-order valence-electron chi connectivity index (χ0n) is 22.0. The molecule has 0 saturated heterocycles. The lowest BCUT2D eigenvalue weighted by atomic mass is 10.2. The van der Waals surface area contributed by atoms with E-state index in [1.807, 2.05) is 0 Å². The molecule has 2 aromatic rings. The van der Waals surface area contributed by atoms with Crippen LogP contribution in [0.2, 0.25) is 0 Å². The number of aromatic amines is 1. The van der Waals surface area contributed by atoms with E-state index in [2.05, 4.69) is 35.6 Å². The highest BCUT2D eigenvalue weighted by atomic mass is 19.4. The van der Waals surface area contributed by atoms with E-state index >= 15 is 0 Å². The minimum Gasteiger partial charge on any atom is -0.478 e. The number of imidazole rings is 1. The van der Waals surface area contributed by atoms with Crippen molar-refractivity contribution in [2.75, 3.05) is 18.4 Å². The van der Waals surface area contributed by atoms with E-state index in [1.165, 1.54) is 24.8 Å². The Balaban J connectivity index is 0.000000903. The number of unbranched alkanes of at least 4 members (excludes halogenated alkanes) is 1. The number of carbonyl (C=O) groups excluding carboxylic acids is 1. The highest BCUT2D eigenvalue weighted by Crippen LogP contribution is 2.14. The largest absolute Gasteiger partial charge is 0.478 e. The van der Waals surface area contributed by atoms with Crippen LogP contribution in [0.5, 0.6) is 0 Å². The molecule has 9 N–H and O–H groups in total. The summed E-state index contributed by atoms with van der Waals surface area (Å²) in [4.78, 5) is 67.8. The van der Waals surface area contributed by atoms with Gasteiger partial charge in [0.2, 0.25) is 0 Å². The number of rotatable bonds is 12. The fourth-order valence-corrected chi connectivity index (χ4v) is 2.31. The molecular formula is C23H27F3N8O9. The number of aliphatic carboxylic acids is 4. The Morgan fingerprint density at radius 1 is 0.953 bits per heavy atom. The van der Waals surface area contributed by atoms with Gasteiger partial charge in [-0.2, -0.15) is 13.2 Å². The molecule has 0 fully saturated rings. The number of amides is 1. The van der Waals surface area contributed by atoms with Crippen molar-refractivity contribution in [3.05, 3.63) is 60.6 Å². The first-order valence-corrected chi connectivity index (χ1v) is 11.6. The van der Waals surface area contributed by atoms with Crippen LogP contribution in [-0.2, 0) is 25.6 Å². The first-order valence-electron chi connectivity index (χ1n) is 11.6. The number of carboxylic acid groups (broad SMARTS) is 4. The van der Waals surface area contributed by atoms with Crippen LogP contribution < -0.4 is 16.4 Å². The summed E-state index contributed by atoms with van der Waals surface area (Å²) < 4.78 is 36.3. The molecule has 0 radical (unpaired) electrons. The van der Waals surface area contributed by atoms with Gasteiger partial charge in [0.25, 0.3) is 5.91 Å². The van der Waals surface area contributed by atoms with Gasteiger partial charge in [-0.15, -0.1) is 0 Å². The van der Waals surface area contributed by atoms with Crippen LogP contribution in [0.25, 0.3) is 0 Å². The molecule has 234 valence electrons. The predicted molar refractivity (Wildman–Crippen MR) is 141 cm³/mol. The third-order valence-corrected chi connectivity index (χ3v) is 3.98. The van der Waals surface area contributed by atoms with Crippen molar-refractivity contribution in [3.8, 4) is 0 Å². The number of nitrogens with two attached hydrogens (primary N) is 1. The highest BCUT2D eigenvalue weighted by Gasteiger charge is 2.26. The van der Waals surface area contributed by atoms with Crippen molar-refractivity contribution in [2.45, 2.75) is 25.4 Å². The van der Waals surface area contributed by atoms with Gasteiger partial charge in [0.05, 0.1) is 12.5 Å². The van der Waals surface area contributed by atoms with Crippen LogP contribution >= 0.6 is 0 Å². The van der Waals surface area contributed by atoms with Gasteiger partial charge in [-0.05, 0) is 18.9 Å². The van der Waals surface area contributed by atoms with Crippen molar-refractivity contribution >= 4 is 41.6 Å². The number of aliphatic imine (C=N–C) groups is 1. The third kappa shape index (κ3) is 22.7. The number of halogens is 3. The molecule has 2 rings (SSSR count). The fourth-order valence-electron chi connectivity index (χ4n) is 2.31. The maximum atomic E-state index is 12.1. The Hall–Kier alpha value is -5.82. The molecule has 2 heterocycles. The molecule has 0 saturated carbocycles. The van der Waals surface area contributed by atoms with Crippen LogP contribution in [0.4, 0.5) is 19.0 Å². The summed E-state index contributed by atoms with van der Waals surface area (Å²) in [6, 6.07) is 1.48. The van der Waals surface area contributed by atoms with E-state index in [-0.39, 0.29) is 17.7 Å². The highest BCUT2D eigenvalue weighted by molar-refractivity contribution is 5.92. The first kappa shape index (κ1) is 37.2. The fraction of sp³-hybridized carbons (Fsp3) is 0.261. The molecular weight excluding hydrogens is 589 g/mol. The second kappa shape index (κ2) is 20.1. The SMILES string of the molecule is NC(=NCC(F)(F)F)Nc1ccnc(CCCCNC(=O)c2cnc[nH]2)n1.O=C(O)/C=C\C(=O)O.O=C(O)/C=C\C(=O)O. The molecule has 0 aliphatic rings. The molecule has 2 aromatic heterocycles. The number of anilines is 1. The van der Waals surface area contributed by atoms with Gasteiger partial charge < -0.3 is 41.8 Å². The van der Waals surface area contributed by atoms with E-state index in [9.17, 15) is 37.1 Å². The smallest absolute Gasteiger partial charge is 0.408 e. The van der Waals surface area contributed by atoms with Gasteiger partial charge in [-0.25, -0.2) is 39.1 Å². The van der Waals surface area contributed by atoms with Gasteiger partial charge in [-0.3, -0.25) is 4.79 Å². The molecule has 0 aliphatic heterocycles. The van der Waals surface area contributed by atoms with E-state index in [0.29, 0.717) is 61.6 Å². The zero-order chi connectivity index (χ0) is 32.8. The third-order valence-electron chi connectivity index (χ3n) is 3.98. The Morgan fingerprint density at radius 2 is 1.51 bits per heavy atom. The number of H-pyrrole nitrogens is 1. The van der Waals surface area contributed by atoms with Gasteiger partial charge in [-0.1, -0.05) is 0 Å². The van der Waals surface area contributed by atoms with Crippen LogP contribution in [0, 0.1) is 0 Å². The normalized spacial score (nSPS) is 11.1. The molecule has 0 spiro atoms. The number of nitrogens with one attached hydrogen (secondary N) is 3. The number of hydrogen-bond acceptors (Lipinski definition) is 9. The summed E-state index contributed by atoms with van der Waals surface area (Å²) in [5.41, 5.74) is 5.79. The summed E-state index contributed by atoms with van der Waals surface area (Å²) in [5, 5.41) is 36.5. The average Bonchev–Trinajstić information content (AvgIpc) is 3.45. The average molecular weight is 617 g/mol. The Bertz CT molecular complexity index is 1230. The molecule has 0 aromatic carbocycles. The monoisotopic (exact) mass is 616 g/mol. The molecule has 0 unspecified atom stereocenters. The Labute approximate surface area is 240 Å². The number of nitrogens with zero attached hydrogens (tertiary/aromatic N) is 4. The van der Waals surface area contributed by atoms with Crippen LogP contribution in [0.3, 0.4) is 0 Å². The number of aromatic nitrogens is 4. The zero-order valence-corrected chi connectivity index (χ0v) is 22.0. The van der Waals surface area contributed by atoms with Crippen molar-refractivity contribution in [1.82, 2.24) is 25.3 Å². The number of aryl methyl sites for hydroxylation is 1. The van der Waals surface area contributed by atoms with E-state index in [4.69, 9.17) is 26.2 Å². The first-order chi connectivity index (χ1) is 20.1. The van der Waals surface area contributed by atoms with Gasteiger partial charge in [0, 0.05) is 43.5 Å². The minimum absolute atomic E-state index is 0.233. The molecule has 0 atom stereocenters. The maximum Gasteiger partial charge on any atom is 0.408 e. The Morgan fingerprint density at radius 3 is 1.98 bits per heavy atom. The minimum atomic E-state index is -4.42. The summed E-state index contributed by atoms with van der Waals surface area (Å²) in [6.45, 7) is -0.888. The summed E-state index contributed by atoms with van der Waals surface area (Å²) in [7, 11) is 0. The Kier molecular flexibility index (Phi) is 17.4. The number of alkyl halides is 3. The topological polar surface area (TPSA) is 283 Å². The lowest BCUT2D eigenvalue weighted by Gasteiger charge is -2.08.